The van der Waals surface area contributed by atoms with Gasteiger partial charge in [-0.3, -0.25) is 4.79 Å². The highest BCUT2D eigenvalue weighted by Gasteiger charge is 2.28. The molecule has 18 heavy (non-hydrogen) atoms. The Hall–Kier alpha value is -1.51. The molecular formula is C15H20N2O. The fourth-order valence-electron chi connectivity index (χ4n) is 3.31. The van der Waals surface area contributed by atoms with E-state index >= 15 is 0 Å². The lowest BCUT2D eigenvalue weighted by atomic mass is 10.0. The Morgan fingerprint density at radius 1 is 1.33 bits per heavy atom. The highest BCUT2D eigenvalue weighted by molar-refractivity contribution is 5.98. The molecule has 1 heterocycles. The maximum Gasteiger partial charge on any atom is 0.227 e. The van der Waals surface area contributed by atoms with Gasteiger partial charge >= 0.3 is 0 Å². The van der Waals surface area contributed by atoms with E-state index in [9.17, 15) is 4.79 Å². The van der Waals surface area contributed by atoms with Crippen molar-refractivity contribution >= 4 is 17.3 Å². The first-order chi connectivity index (χ1) is 8.75. The predicted molar refractivity (Wildman–Crippen MR) is 73.5 cm³/mol. The third kappa shape index (κ3) is 1.98. The van der Waals surface area contributed by atoms with Crippen LogP contribution in [0.4, 0.5) is 11.4 Å². The molecule has 96 valence electrons. The van der Waals surface area contributed by atoms with Crippen molar-refractivity contribution in [2.24, 2.45) is 5.92 Å². The molecule has 3 nitrogen and oxygen atoms in total. The van der Waals surface area contributed by atoms with Crippen LogP contribution in [0, 0.1) is 5.92 Å². The summed E-state index contributed by atoms with van der Waals surface area (Å²) in [7, 11) is 0. The summed E-state index contributed by atoms with van der Waals surface area (Å²) in [5, 5.41) is 0. The smallest absolute Gasteiger partial charge is 0.227 e. The van der Waals surface area contributed by atoms with Gasteiger partial charge in [-0.25, -0.2) is 0 Å². The number of nitrogens with two attached hydrogens (primary N) is 1. The first-order valence-corrected chi connectivity index (χ1v) is 6.93. The molecule has 2 aliphatic rings. The van der Waals surface area contributed by atoms with E-state index in [1.54, 1.807) is 0 Å². The molecule has 1 fully saturated rings. The molecule has 3 heteroatoms. The number of nitrogens with zero attached hydrogens (tertiary/aromatic N) is 1. The summed E-state index contributed by atoms with van der Waals surface area (Å²) in [6.45, 7) is 0.801. The van der Waals surface area contributed by atoms with Gasteiger partial charge in [-0.15, -0.1) is 0 Å². The predicted octanol–water partition coefficient (Wildman–Crippen LogP) is 2.74. The molecule has 3 rings (SSSR count). The average Bonchev–Trinajstić information content (AvgIpc) is 2.97. The van der Waals surface area contributed by atoms with Gasteiger partial charge in [0.15, 0.2) is 0 Å². The van der Waals surface area contributed by atoms with Gasteiger partial charge < -0.3 is 10.6 Å². The monoisotopic (exact) mass is 244 g/mol. The molecular weight excluding hydrogens is 224 g/mol. The molecule has 2 N–H and O–H groups in total. The lowest BCUT2D eigenvalue weighted by molar-refractivity contribution is -0.119. The molecule has 0 spiro atoms. The minimum absolute atomic E-state index is 0.263. The Labute approximate surface area is 108 Å². The number of benzene rings is 1. The number of rotatable bonds is 2. The van der Waals surface area contributed by atoms with Crippen LogP contribution < -0.4 is 10.6 Å². The number of hydrogen-bond acceptors (Lipinski definition) is 2. The van der Waals surface area contributed by atoms with E-state index in [1.807, 2.05) is 17.0 Å². The first kappa shape index (κ1) is 11.6. The summed E-state index contributed by atoms with van der Waals surface area (Å²) < 4.78 is 0. The van der Waals surface area contributed by atoms with Gasteiger partial charge in [0.25, 0.3) is 0 Å². The number of nitrogen functional groups attached to an aromatic ring is 1. The summed E-state index contributed by atoms with van der Waals surface area (Å²) in [6.07, 6.45) is 6.66. The Bertz CT molecular complexity index is 464. The maximum atomic E-state index is 12.4. The minimum atomic E-state index is 0.263. The van der Waals surface area contributed by atoms with Crippen LogP contribution in [0.3, 0.4) is 0 Å². The Kier molecular flexibility index (Phi) is 2.98. The van der Waals surface area contributed by atoms with Crippen molar-refractivity contribution in [3.05, 3.63) is 23.8 Å². The Morgan fingerprint density at radius 2 is 2.11 bits per heavy atom. The molecule has 0 unspecified atom stereocenters. The maximum absolute atomic E-state index is 12.4. The zero-order valence-electron chi connectivity index (χ0n) is 10.7. The van der Waals surface area contributed by atoms with E-state index in [1.165, 1.54) is 31.2 Å². The van der Waals surface area contributed by atoms with E-state index in [-0.39, 0.29) is 5.91 Å². The largest absolute Gasteiger partial charge is 0.397 e. The van der Waals surface area contributed by atoms with Crippen LogP contribution in [0.5, 0.6) is 0 Å². The van der Waals surface area contributed by atoms with Crippen LogP contribution in [0.2, 0.25) is 0 Å². The highest BCUT2D eigenvalue weighted by atomic mass is 16.2. The molecule has 0 atom stereocenters. The highest BCUT2D eigenvalue weighted by Crippen LogP contribution is 2.35. The van der Waals surface area contributed by atoms with E-state index in [0.29, 0.717) is 12.3 Å². The summed E-state index contributed by atoms with van der Waals surface area (Å²) in [5.41, 5.74) is 8.94. The zero-order chi connectivity index (χ0) is 12.5. The van der Waals surface area contributed by atoms with Crippen LogP contribution in [0.15, 0.2) is 18.2 Å². The molecule has 1 aromatic rings. The molecule has 1 saturated carbocycles. The normalized spacial score (nSPS) is 19.2. The zero-order valence-corrected chi connectivity index (χ0v) is 10.7. The summed E-state index contributed by atoms with van der Waals surface area (Å²) in [4.78, 5) is 14.3. The summed E-state index contributed by atoms with van der Waals surface area (Å²) in [5.74, 6) is 0.866. The fraction of sp³-hybridized carbons (Fsp3) is 0.533. The van der Waals surface area contributed by atoms with Crippen molar-refractivity contribution in [3.63, 3.8) is 0 Å². The SMILES string of the molecule is Nc1cccc2c1N(C(=O)CC1CCCC1)CC2. The summed E-state index contributed by atoms with van der Waals surface area (Å²) in [6, 6.07) is 5.94. The molecule has 0 aromatic heterocycles. The van der Waals surface area contributed by atoms with Crippen LogP contribution in [-0.2, 0) is 11.2 Å². The second kappa shape index (κ2) is 4.63. The van der Waals surface area contributed by atoms with Crippen molar-refractivity contribution in [3.8, 4) is 0 Å². The van der Waals surface area contributed by atoms with Gasteiger partial charge in [-0.05, 0) is 36.8 Å². The molecule has 1 amide bonds. The van der Waals surface area contributed by atoms with Gasteiger partial charge in [0.1, 0.15) is 0 Å². The van der Waals surface area contributed by atoms with Crippen molar-refractivity contribution < 1.29 is 4.79 Å². The minimum Gasteiger partial charge on any atom is -0.397 e. The molecule has 1 aliphatic heterocycles. The van der Waals surface area contributed by atoms with Crippen molar-refractivity contribution in [1.29, 1.82) is 0 Å². The number of anilines is 2. The van der Waals surface area contributed by atoms with Gasteiger partial charge in [0.2, 0.25) is 5.91 Å². The Morgan fingerprint density at radius 3 is 2.89 bits per heavy atom. The molecule has 0 saturated heterocycles. The fourth-order valence-corrected chi connectivity index (χ4v) is 3.31. The van der Waals surface area contributed by atoms with Crippen molar-refractivity contribution in [1.82, 2.24) is 0 Å². The van der Waals surface area contributed by atoms with Crippen LogP contribution in [-0.4, -0.2) is 12.5 Å². The number of hydrogen-bond donors (Lipinski definition) is 1. The van der Waals surface area contributed by atoms with Gasteiger partial charge in [-0.1, -0.05) is 25.0 Å². The number of carbonyl (C=O) groups excluding carboxylic acids is 1. The summed E-state index contributed by atoms with van der Waals surface area (Å²) >= 11 is 0. The van der Waals surface area contributed by atoms with Crippen molar-refractivity contribution in [2.45, 2.75) is 38.5 Å². The van der Waals surface area contributed by atoms with E-state index in [2.05, 4.69) is 6.07 Å². The average molecular weight is 244 g/mol. The third-order valence-corrected chi connectivity index (χ3v) is 4.26. The van der Waals surface area contributed by atoms with E-state index < -0.39 is 0 Å². The van der Waals surface area contributed by atoms with Gasteiger partial charge in [0, 0.05) is 13.0 Å². The third-order valence-electron chi connectivity index (χ3n) is 4.26. The first-order valence-electron chi connectivity index (χ1n) is 6.93. The van der Waals surface area contributed by atoms with Gasteiger partial charge in [0.05, 0.1) is 11.4 Å². The quantitative estimate of drug-likeness (QED) is 0.813. The second-order valence-electron chi connectivity index (χ2n) is 5.50. The molecule has 0 bridgehead atoms. The van der Waals surface area contributed by atoms with E-state index in [4.69, 9.17) is 5.73 Å². The van der Waals surface area contributed by atoms with E-state index in [0.717, 1.165) is 24.3 Å². The second-order valence-corrected chi connectivity index (χ2v) is 5.50. The Balaban J connectivity index is 1.77. The van der Waals surface area contributed by atoms with Crippen LogP contribution >= 0.6 is 0 Å². The number of carbonyl (C=O) groups is 1. The molecule has 0 radical (unpaired) electrons. The molecule has 1 aliphatic carbocycles. The van der Waals surface area contributed by atoms with Gasteiger partial charge in [-0.2, -0.15) is 0 Å². The topological polar surface area (TPSA) is 46.3 Å². The van der Waals surface area contributed by atoms with Crippen LogP contribution in [0.1, 0.15) is 37.7 Å². The van der Waals surface area contributed by atoms with Crippen LogP contribution in [0.25, 0.3) is 0 Å². The number of amides is 1. The molecule has 1 aromatic carbocycles. The lowest BCUT2D eigenvalue weighted by Crippen LogP contribution is -2.30. The lowest BCUT2D eigenvalue weighted by Gasteiger charge is -2.20. The standard InChI is InChI=1S/C15H20N2O/c16-13-7-3-6-12-8-9-17(15(12)13)14(18)10-11-4-1-2-5-11/h3,6-7,11H,1-2,4-5,8-10,16H2. The number of para-hydroxylation sites is 1. The van der Waals surface area contributed by atoms with Crippen molar-refractivity contribution in [2.75, 3.05) is 17.2 Å². The number of fused-ring (bicyclic) bond motifs is 1.